The maximum absolute atomic E-state index is 11.4. The average Bonchev–Trinajstić information content (AvgIpc) is 2.30. The molecule has 19 heavy (non-hydrogen) atoms. The first-order chi connectivity index (χ1) is 8.84. The molecule has 0 aromatic heterocycles. The van der Waals surface area contributed by atoms with Crippen molar-refractivity contribution >= 4 is 21.4 Å². The van der Waals surface area contributed by atoms with Crippen LogP contribution in [0.15, 0.2) is 23.1 Å². The van der Waals surface area contributed by atoms with Crippen LogP contribution in [0.25, 0.3) is 0 Å². The van der Waals surface area contributed by atoms with Crippen LogP contribution in [-0.4, -0.2) is 14.5 Å². The fraction of sp³-hybridized carbons (Fsp3) is 0.538. The lowest BCUT2D eigenvalue weighted by Crippen LogP contribution is -2.25. The number of nitrogen functional groups attached to an aromatic ring is 1. The molecule has 2 rings (SSSR count). The van der Waals surface area contributed by atoms with Crippen LogP contribution in [-0.2, 0) is 10.0 Å². The zero-order valence-corrected chi connectivity index (χ0v) is 11.9. The summed E-state index contributed by atoms with van der Waals surface area (Å²) >= 11 is 0. The average molecular weight is 283 g/mol. The number of nitrogens with one attached hydrogen (secondary N) is 1. The molecular weight excluding hydrogens is 262 g/mol. The number of rotatable bonds is 3. The highest BCUT2D eigenvalue weighted by molar-refractivity contribution is 7.89. The van der Waals surface area contributed by atoms with Crippen molar-refractivity contribution < 1.29 is 8.42 Å². The summed E-state index contributed by atoms with van der Waals surface area (Å²) in [5.74, 6) is 0.777. The first-order valence-electron chi connectivity index (χ1n) is 6.54. The molecule has 0 atom stereocenters. The molecule has 1 saturated carbocycles. The molecule has 1 fully saturated rings. The van der Waals surface area contributed by atoms with Gasteiger partial charge in [-0.25, -0.2) is 13.6 Å². The second kappa shape index (κ2) is 5.38. The molecule has 0 unspecified atom stereocenters. The summed E-state index contributed by atoms with van der Waals surface area (Å²) in [6.07, 6.45) is 4.59. The lowest BCUT2D eigenvalue weighted by molar-refractivity contribution is 0.361. The number of hydrogen-bond acceptors (Lipinski definition) is 4. The van der Waals surface area contributed by atoms with Gasteiger partial charge in [0, 0.05) is 17.4 Å². The van der Waals surface area contributed by atoms with E-state index < -0.39 is 10.0 Å². The number of primary sulfonamides is 1. The Bertz CT molecular complexity index is 549. The maximum atomic E-state index is 11.4. The molecule has 0 aliphatic heterocycles. The summed E-state index contributed by atoms with van der Waals surface area (Å²) in [6, 6.07) is 5.05. The van der Waals surface area contributed by atoms with Crippen molar-refractivity contribution in [2.75, 3.05) is 11.1 Å². The summed E-state index contributed by atoms with van der Waals surface area (Å²) in [5.41, 5.74) is 6.85. The number of benzene rings is 1. The molecule has 0 spiro atoms. The van der Waals surface area contributed by atoms with Crippen LogP contribution < -0.4 is 16.2 Å². The van der Waals surface area contributed by atoms with E-state index in [4.69, 9.17) is 10.9 Å². The Morgan fingerprint density at radius 3 is 2.37 bits per heavy atom. The van der Waals surface area contributed by atoms with Crippen LogP contribution >= 0.6 is 0 Å². The molecule has 1 aliphatic carbocycles. The molecule has 106 valence electrons. The van der Waals surface area contributed by atoms with Crippen LogP contribution in [0.1, 0.15) is 32.6 Å². The number of nitrogens with two attached hydrogens (primary N) is 2. The molecule has 0 amide bonds. The summed E-state index contributed by atoms with van der Waals surface area (Å²) in [7, 11) is -3.72. The molecule has 0 saturated heterocycles. The third-order valence-electron chi connectivity index (χ3n) is 3.64. The van der Waals surface area contributed by atoms with E-state index in [2.05, 4.69) is 12.2 Å². The predicted octanol–water partition coefficient (Wildman–Crippen LogP) is 1.91. The molecule has 5 N–H and O–H groups in total. The normalized spacial score (nSPS) is 24.1. The van der Waals surface area contributed by atoms with E-state index >= 15 is 0 Å². The Labute approximate surface area is 114 Å². The van der Waals surface area contributed by atoms with Gasteiger partial charge in [-0.3, -0.25) is 0 Å². The molecular formula is C13H21N3O2S. The van der Waals surface area contributed by atoms with E-state index in [9.17, 15) is 8.42 Å². The smallest absolute Gasteiger partial charge is 0.238 e. The van der Waals surface area contributed by atoms with Crippen LogP contribution in [0.4, 0.5) is 11.4 Å². The van der Waals surface area contributed by atoms with Gasteiger partial charge in [-0.05, 0) is 49.8 Å². The Hall–Kier alpha value is -1.27. The van der Waals surface area contributed by atoms with E-state index in [1.807, 2.05) is 0 Å². The van der Waals surface area contributed by atoms with E-state index in [1.54, 1.807) is 12.1 Å². The zero-order valence-electron chi connectivity index (χ0n) is 11.1. The van der Waals surface area contributed by atoms with E-state index in [0.29, 0.717) is 11.7 Å². The van der Waals surface area contributed by atoms with Gasteiger partial charge in [0.05, 0.1) is 4.90 Å². The van der Waals surface area contributed by atoms with Crippen molar-refractivity contribution in [3.05, 3.63) is 18.2 Å². The summed E-state index contributed by atoms with van der Waals surface area (Å²) in [4.78, 5) is 0.0548. The van der Waals surface area contributed by atoms with Crippen LogP contribution in [0.5, 0.6) is 0 Å². The number of sulfonamides is 1. The van der Waals surface area contributed by atoms with E-state index in [-0.39, 0.29) is 4.90 Å². The van der Waals surface area contributed by atoms with Gasteiger partial charge in [-0.15, -0.1) is 0 Å². The van der Waals surface area contributed by atoms with Gasteiger partial charge >= 0.3 is 0 Å². The predicted molar refractivity (Wildman–Crippen MR) is 77.3 cm³/mol. The lowest BCUT2D eigenvalue weighted by Gasteiger charge is -2.28. The van der Waals surface area contributed by atoms with Crippen molar-refractivity contribution in [3.63, 3.8) is 0 Å². The number of anilines is 2. The van der Waals surface area contributed by atoms with Gasteiger partial charge in [0.1, 0.15) is 0 Å². The fourth-order valence-electron chi connectivity index (χ4n) is 2.51. The molecule has 0 bridgehead atoms. The van der Waals surface area contributed by atoms with Crippen LogP contribution in [0, 0.1) is 5.92 Å². The molecule has 5 nitrogen and oxygen atoms in total. The topological polar surface area (TPSA) is 98.2 Å². The van der Waals surface area contributed by atoms with Gasteiger partial charge < -0.3 is 11.1 Å². The van der Waals surface area contributed by atoms with E-state index in [0.717, 1.165) is 24.4 Å². The van der Waals surface area contributed by atoms with Crippen molar-refractivity contribution in [1.82, 2.24) is 0 Å². The maximum Gasteiger partial charge on any atom is 0.238 e. The van der Waals surface area contributed by atoms with Gasteiger partial charge in [-0.1, -0.05) is 6.92 Å². The van der Waals surface area contributed by atoms with E-state index in [1.165, 1.54) is 18.9 Å². The second-order valence-corrected chi connectivity index (χ2v) is 7.00. The van der Waals surface area contributed by atoms with Gasteiger partial charge in [0.25, 0.3) is 0 Å². The van der Waals surface area contributed by atoms with Gasteiger partial charge in [0.2, 0.25) is 10.0 Å². The second-order valence-electron chi connectivity index (χ2n) is 5.44. The molecule has 1 aromatic carbocycles. The fourth-order valence-corrected chi connectivity index (χ4v) is 3.10. The van der Waals surface area contributed by atoms with Crippen molar-refractivity contribution in [1.29, 1.82) is 0 Å². The van der Waals surface area contributed by atoms with Gasteiger partial charge in [-0.2, -0.15) is 0 Å². The van der Waals surface area contributed by atoms with Gasteiger partial charge in [0.15, 0.2) is 0 Å². The third kappa shape index (κ3) is 3.84. The van der Waals surface area contributed by atoms with Crippen molar-refractivity contribution in [2.24, 2.45) is 11.1 Å². The largest absolute Gasteiger partial charge is 0.399 e. The van der Waals surface area contributed by atoms with Crippen LogP contribution in [0.2, 0.25) is 0 Å². The summed E-state index contributed by atoms with van der Waals surface area (Å²) < 4.78 is 22.7. The molecule has 6 heteroatoms. The van der Waals surface area contributed by atoms with Crippen molar-refractivity contribution in [3.8, 4) is 0 Å². The van der Waals surface area contributed by atoms with Crippen molar-refractivity contribution in [2.45, 2.75) is 43.5 Å². The SMILES string of the molecule is CC1CCC(Nc2cc(N)cc(S(N)(=O)=O)c2)CC1. The number of hydrogen-bond donors (Lipinski definition) is 3. The summed E-state index contributed by atoms with van der Waals surface area (Å²) in [6.45, 7) is 2.26. The highest BCUT2D eigenvalue weighted by atomic mass is 32.2. The highest BCUT2D eigenvalue weighted by Gasteiger charge is 2.18. The lowest BCUT2D eigenvalue weighted by atomic mass is 9.87. The molecule has 1 aromatic rings. The molecule has 0 radical (unpaired) electrons. The zero-order chi connectivity index (χ0) is 14.0. The minimum absolute atomic E-state index is 0.0548. The molecule has 0 heterocycles. The standard InChI is InChI=1S/C13H21N3O2S/c1-9-2-4-11(5-3-9)16-12-6-10(14)7-13(8-12)19(15,17)18/h6-9,11,16H,2-5,14H2,1H3,(H2,15,17,18). The monoisotopic (exact) mass is 283 g/mol. The Morgan fingerprint density at radius 2 is 1.79 bits per heavy atom. The minimum Gasteiger partial charge on any atom is -0.399 e. The third-order valence-corrected chi connectivity index (χ3v) is 4.54. The Balaban J connectivity index is 2.14. The highest BCUT2D eigenvalue weighted by Crippen LogP contribution is 2.27. The first-order valence-corrected chi connectivity index (χ1v) is 8.09. The first kappa shape index (κ1) is 14.1. The quantitative estimate of drug-likeness (QED) is 0.738. The summed E-state index contributed by atoms with van der Waals surface area (Å²) in [5, 5.41) is 8.49. The molecule has 1 aliphatic rings. The minimum atomic E-state index is -3.72. The van der Waals surface area contributed by atoms with Crippen LogP contribution in [0.3, 0.4) is 0 Å². The Morgan fingerprint density at radius 1 is 1.16 bits per heavy atom. The Kier molecular flexibility index (Phi) is 4.01.